The van der Waals surface area contributed by atoms with Crippen molar-refractivity contribution in [1.29, 1.82) is 0 Å². The van der Waals surface area contributed by atoms with Gasteiger partial charge in [-0.2, -0.15) is 0 Å². The molecule has 2 saturated carbocycles. The second kappa shape index (κ2) is 11.7. The molecule has 1 aromatic heterocycles. The molecule has 0 bridgehead atoms. The number of sulfonamides is 1. The summed E-state index contributed by atoms with van der Waals surface area (Å²) in [6.45, 7) is 7.07. The number of benzene rings is 1. The number of nitrogens with zero attached hydrogens (tertiary/aromatic N) is 3. The zero-order valence-electron chi connectivity index (χ0n) is 22.1. The van der Waals surface area contributed by atoms with Crippen molar-refractivity contribution in [2.75, 3.05) is 5.32 Å². The van der Waals surface area contributed by atoms with Gasteiger partial charge >= 0.3 is 12.2 Å². The monoisotopic (exact) mass is 548 g/mol. The van der Waals surface area contributed by atoms with Crippen molar-refractivity contribution >= 4 is 27.9 Å². The molecule has 2 aromatic rings. The van der Waals surface area contributed by atoms with E-state index in [1.54, 1.807) is 36.9 Å². The van der Waals surface area contributed by atoms with E-state index in [4.69, 9.17) is 9.47 Å². The van der Waals surface area contributed by atoms with Crippen LogP contribution in [0.25, 0.3) is 11.3 Å². The van der Waals surface area contributed by atoms with Gasteiger partial charge in [-0.05, 0) is 84.4 Å². The van der Waals surface area contributed by atoms with E-state index in [0.717, 1.165) is 38.5 Å². The van der Waals surface area contributed by atoms with Crippen LogP contribution in [0.15, 0.2) is 29.3 Å². The number of anilines is 1. The Morgan fingerprint density at radius 2 is 1.58 bits per heavy atom. The first-order valence-electron chi connectivity index (χ1n) is 13.0. The van der Waals surface area contributed by atoms with Crippen molar-refractivity contribution in [3.8, 4) is 11.3 Å². The van der Waals surface area contributed by atoms with E-state index in [2.05, 4.69) is 25.7 Å². The normalized spacial score (nSPS) is 19.8. The zero-order valence-corrected chi connectivity index (χ0v) is 23.0. The highest BCUT2D eigenvalue weighted by Crippen LogP contribution is 2.33. The topological polar surface area (TPSA) is 154 Å². The molecule has 38 heavy (non-hydrogen) atoms. The second-order valence-corrected chi connectivity index (χ2v) is 12.1. The van der Waals surface area contributed by atoms with Gasteiger partial charge in [0.1, 0.15) is 5.69 Å². The molecule has 208 valence electrons. The highest BCUT2D eigenvalue weighted by atomic mass is 32.2. The van der Waals surface area contributed by atoms with Crippen LogP contribution in [0.3, 0.4) is 0 Å². The van der Waals surface area contributed by atoms with Crippen molar-refractivity contribution in [2.24, 2.45) is 0 Å². The maximum atomic E-state index is 13.2. The maximum absolute atomic E-state index is 13.2. The molecule has 0 atom stereocenters. The van der Waals surface area contributed by atoms with Crippen molar-refractivity contribution < 1.29 is 27.5 Å². The Balaban J connectivity index is 1.50. The van der Waals surface area contributed by atoms with Gasteiger partial charge in [-0.25, -0.2) is 27.4 Å². The standard InChI is InChI=1S/C25H36N6O6S/c1-15(2)36-24(32)26-17-7-10-20(11-8-17)31-14-22(28-30-31)21-12-9-19(27-25(33)37-16(3)4)13-23(21)38(34,35)29-18-5-6-18/h9,12-18,20,29H,5-8,10-11H2,1-4H3,(H,26,32)(H,27,33)/t17-,20-. The molecule has 0 saturated heterocycles. The minimum Gasteiger partial charge on any atom is -0.447 e. The molecule has 0 radical (unpaired) electrons. The molecule has 12 nitrogen and oxygen atoms in total. The average Bonchev–Trinajstić information content (AvgIpc) is 3.49. The van der Waals surface area contributed by atoms with E-state index in [1.165, 1.54) is 6.07 Å². The van der Waals surface area contributed by atoms with Gasteiger partial charge in [0.05, 0.1) is 29.3 Å². The van der Waals surface area contributed by atoms with Crippen LogP contribution in [0.5, 0.6) is 0 Å². The van der Waals surface area contributed by atoms with Crippen LogP contribution >= 0.6 is 0 Å². The smallest absolute Gasteiger partial charge is 0.411 e. The van der Waals surface area contributed by atoms with E-state index in [0.29, 0.717) is 16.9 Å². The van der Waals surface area contributed by atoms with Crippen LogP contribution in [-0.2, 0) is 19.5 Å². The first-order chi connectivity index (χ1) is 18.0. The molecule has 4 rings (SSSR count). The molecule has 1 aromatic carbocycles. The van der Waals surface area contributed by atoms with Gasteiger partial charge in [0, 0.05) is 23.3 Å². The molecule has 0 aliphatic heterocycles. The van der Waals surface area contributed by atoms with Gasteiger partial charge in [0.25, 0.3) is 0 Å². The van der Waals surface area contributed by atoms with E-state index >= 15 is 0 Å². The number of hydrogen-bond donors (Lipinski definition) is 3. The van der Waals surface area contributed by atoms with Crippen LogP contribution in [0.4, 0.5) is 15.3 Å². The molecule has 2 amide bonds. The number of nitrogens with one attached hydrogen (secondary N) is 3. The molecule has 2 aliphatic carbocycles. The lowest BCUT2D eigenvalue weighted by Gasteiger charge is -2.28. The van der Waals surface area contributed by atoms with Crippen molar-refractivity contribution in [3.05, 3.63) is 24.4 Å². The molecule has 13 heteroatoms. The predicted molar refractivity (Wildman–Crippen MR) is 140 cm³/mol. The highest BCUT2D eigenvalue weighted by Gasteiger charge is 2.31. The van der Waals surface area contributed by atoms with E-state index in [9.17, 15) is 18.0 Å². The Morgan fingerprint density at radius 3 is 2.21 bits per heavy atom. The second-order valence-electron chi connectivity index (χ2n) is 10.4. The fraction of sp³-hybridized carbons (Fsp3) is 0.600. The fourth-order valence-corrected chi connectivity index (χ4v) is 5.90. The van der Waals surface area contributed by atoms with Crippen LogP contribution in [0, 0.1) is 0 Å². The lowest BCUT2D eigenvalue weighted by Crippen LogP contribution is -2.39. The summed E-state index contributed by atoms with van der Waals surface area (Å²) in [7, 11) is -3.87. The number of amides is 2. The molecular weight excluding hydrogens is 512 g/mol. The quantitative estimate of drug-likeness (QED) is 0.426. The van der Waals surface area contributed by atoms with Crippen LogP contribution in [0.1, 0.15) is 72.3 Å². The minimum absolute atomic E-state index is 0.00960. The first kappa shape index (κ1) is 27.8. The van der Waals surface area contributed by atoms with Crippen LogP contribution < -0.4 is 15.4 Å². The lowest BCUT2D eigenvalue weighted by atomic mass is 9.91. The third-order valence-electron chi connectivity index (χ3n) is 6.28. The number of rotatable bonds is 9. The first-order valence-corrected chi connectivity index (χ1v) is 14.5. The Kier molecular flexibility index (Phi) is 8.56. The van der Waals surface area contributed by atoms with E-state index in [-0.39, 0.29) is 35.2 Å². The van der Waals surface area contributed by atoms with Gasteiger partial charge < -0.3 is 14.8 Å². The van der Waals surface area contributed by atoms with E-state index in [1.807, 2.05) is 13.8 Å². The molecule has 3 N–H and O–H groups in total. The van der Waals surface area contributed by atoms with Crippen LogP contribution in [-0.4, -0.2) is 59.9 Å². The molecule has 2 fully saturated rings. The lowest BCUT2D eigenvalue weighted by molar-refractivity contribution is 0.108. The van der Waals surface area contributed by atoms with E-state index < -0.39 is 22.2 Å². The highest BCUT2D eigenvalue weighted by molar-refractivity contribution is 7.89. The summed E-state index contributed by atoms with van der Waals surface area (Å²) in [5.41, 5.74) is 1.10. The number of hydrogen-bond acceptors (Lipinski definition) is 8. The Labute approximate surface area is 222 Å². The van der Waals surface area contributed by atoms with Gasteiger partial charge in [0.15, 0.2) is 0 Å². The van der Waals surface area contributed by atoms with Gasteiger partial charge in [-0.15, -0.1) is 5.10 Å². The number of aromatic nitrogens is 3. The Hall–Kier alpha value is -3.19. The van der Waals surface area contributed by atoms with Gasteiger partial charge in [0.2, 0.25) is 10.0 Å². The third-order valence-corrected chi connectivity index (χ3v) is 7.84. The summed E-state index contributed by atoms with van der Waals surface area (Å²) < 4.78 is 41.2. The molecule has 2 aliphatic rings. The Morgan fingerprint density at radius 1 is 0.947 bits per heavy atom. The summed E-state index contributed by atoms with van der Waals surface area (Å²) in [6, 6.07) is 4.65. The Bertz CT molecular complexity index is 1250. The fourth-order valence-electron chi connectivity index (χ4n) is 4.36. The SMILES string of the molecule is CC(C)OC(=O)Nc1ccc(-c2cn([C@H]3CC[C@H](NC(=O)OC(C)C)CC3)nn2)c(S(=O)(=O)NC2CC2)c1. The summed E-state index contributed by atoms with van der Waals surface area (Å²) in [5, 5.41) is 14.1. The van der Waals surface area contributed by atoms with Crippen molar-refractivity contribution in [2.45, 2.75) is 101 Å². The zero-order chi connectivity index (χ0) is 27.4. The van der Waals surface area contributed by atoms with Crippen LogP contribution in [0.2, 0.25) is 0 Å². The van der Waals surface area contributed by atoms with Gasteiger partial charge in [-0.1, -0.05) is 5.21 Å². The minimum atomic E-state index is -3.87. The molecule has 0 unspecified atom stereocenters. The number of carbonyl (C=O) groups excluding carboxylic acids is 2. The summed E-state index contributed by atoms with van der Waals surface area (Å²) in [6.07, 6.45) is 4.86. The predicted octanol–water partition coefficient (Wildman–Crippen LogP) is 3.96. The molecule has 0 spiro atoms. The van der Waals surface area contributed by atoms with Gasteiger partial charge in [-0.3, -0.25) is 5.32 Å². The average molecular weight is 549 g/mol. The van der Waals surface area contributed by atoms with Crippen molar-refractivity contribution in [3.63, 3.8) is 0 Å². The summed E-state index contributed by atoms with van der Waals surface area (Å²) >= 11 is 0. The maximum Gasteiger partial charge on any atom is 0.411 e. The number of ether oxygens (including phenoxy) is 2. The van der Waals surface area contributed by atoms with Crippen molar-refractivity contribution in [1.82, 2.24) is 25.0 Å². The molecular formula is C25H36N6O6S. The summed E-state index contributed by atoms with van der Waals surface area (Å²) in [5.74, 6) is 0. The molecule has 1 heterocycles. The largest absolute Gasteiger partial charge is 0.447 e. The number of alkyl carbamates (subject to hydrolysis) is 1. The third kappa shape index (κ3) is 7.44. The number of carbonyl (C=O) groups is 2. The summed E-state index contributed by atoms with van der Waals surface area (Å²) in [4.78, 5) is 24.0.